The first-order valence-electron chi connectivity index (χ1n) is 11.0. The van der Waals surface area contributed by atoms with Crippen LogP contribution in [0.15, 0.2) is 65.1 Å². The Labute approximate surface area is 184 Å². The molecule has 3 aromatic rings. The summed E-state index contributed by atoms with van der Waals surface area (Å²) in [5, 5.41) is 0. The molecule has 0 N–H and O–H groups in total. The van der Waals surface area contributed by atoms with Gasteiger partial charge in [0.1, 0.15) is 18.1 Å². The number of ether oxygens (including phenoxy) is 1. The van der Waals surface area contributed by atoms with Crippen molar-refractivity contribution in [3.8, 4) is 5.75 Å². The van der Waals surface area contributed by atoms with E-state index in [0.29, 0.717) is 31.2 Å². The van der Waals surface area contributed by atoms with Crippen LogP contribution in [-0.2, 0) is 19.6 Å². The van der Waals surface area contributed by atoms with E-state index in [9.17, 15) is 4.79 Å². The van der Waals surface area contributed by atoms with E-state index in [1.807, 2.05) is 23.1 Å². The second-order valence-corrected chi connectivity index (χ2v) is 8.11. The van der Waals surface area contributed by atoms with E-state index < -0.39 is 0 Å². The van der Waals surface area contributed by atoms with E-state index in [1.165, 1.54) is 16.7 Å². The molecule has 1 saturated heterocycles. The molecule has 1 aromatic heterocycles. The Kier molecular flexibility index (Phi) is 6.73. The third-order valence-corrected chi connectivity index (χ3v) is 5.73. The second-order valence-electron chi connectivity index (χ2n) is 8.11. The molecule has 0 atom stereocenters. The summed E-state index contributed by atoms with van der Waals surface area (Å²) in [6.45, 7) is 8.62. The van der Waals surface area contributed by atoms with Crippen LogP contribution in [-0.4, -0.2) is 41.9 Å². The monoisotopic (exact) mass is 418 g/mol. The first kappa shape index (κ1) is 21.2. The molecule has 0 bridgehead atoms. The second kappa shape index (κ2) is 9.84. The third kappa shape index (κ3) is 5.56. The molecule has 0 saturated carbocycles. The summed E-state index contributed by atoms with van der Waals surface area (Å²) < 4.78 is 11.6. The lowest BCUT2D eigenvalue weighted by molar-refractivity contribution is 0.0594. The molecule has 2 aromatic carbocycles. The van der Waals surface area contributed by atoms with Gasteiger partial charge in [0.15, 0.2) is 5.76 Å². The molecule has 0 aliphatic carbocycles. The number of hydrogen-bond acceptors (Lipinski definition) is 4. The van der Waals surface area contributed by atoms with Crippen molar-refractivity contribution < 1.29 is 13.9 Å². The molecule has 2 heterocycles. The van der Waals surface area contributed by atoms with Gasteiger partial charge in [-0.3, -0.25) is 9.69 Å². The van der Waals surface area contributed by atoms with Gasteiger partial charge in [-0.1, -0.05) is 48.9 Å². The largest absolute Gasteiger partial charge is 0.486 e. The normalized spacial score (nSPS) is 14.6. The van der Waals surface area contributed by atoms with Crippen molar-refractivity contribution >= 4 is 5.91 Å². The highest BCUT2D eigenvalue weighted by Crippen LogP contribution is 2.18. The standard InChI is InChI=1S/C26H30N2O3/c1-3-21-7-9-23(10-8-21)30-19-24-11-12-25(31-24)26(29)28-15-13-27(14-16-28)18-22-6-4-5-20(2)17-22/h4-12,17H,3,13-16,18-19H2,1-2H3. The highest BCUT2D eigenvalue weighted by Gasteiger charge is 2.24. The zero-order valence-electron chi connectivity index (χ0n) is 18.3. The van der Waals surface area contributed by atoms with Gasteiger partial charge in [-0.2, -0.15) is 0 Å². The molecule has 4 rings (SSSR count). The lowest BCUT2D eigenvalue weighted by atomic mass is 10.1. The molecule has 1 amide bonds. The maximum atomic E-state index is 12.8. The van der Waals surface area contributed by atoms with Crippen LogP contribution in [0, 0.1) is 6.92 Å². The highest BCUT2D eigenvalue weighted by atomic mass is 16.5. The first-order chi connectivity index (χ1) is 15.1. The van der Waals surface area contributed by atoms with Gasteiger partial charge in [0, 0.05) is 32.7 Å². The van der Waals surface area contributed by atoms with Crippen molar-refractivity contribution in [2.75, 3.05) is 26.2 Å². The number of hydrogen-bond donors (Lipinski definition) is 0. The van der Waals surface area contributed by atoms with E-state index in [4.69, 9.17) is 9.15 Å². The molecule has 1 aliphatic rings. The molecule has 5 nitrogen and oxygen atoms in total. The van der Waals surface area contributed by atoms with Crippen LogP contribution in [0.4, 0.5) is 0 Å². The number of benzene rings is 2. The molecular weight excluding hydrogens is 388 g/mol. The Morgan fingerprint density at radius 1 is 0.968 bits per heavy atom. The van der Waals surface area contributed by atoms with Crippen LogP contribution in [0.5, 0.6) is 5.75 Å². The molecule has 1 aliphatic heterocycles. The number of furan rings is 1. The van der Waals surface area contributed by atoms with Gasteiger partial charge < -0.3 is 14.1 Å². The van der Waals surface area contributed by atoms with Gasteiger partial charge in [-0.15, -0.1) is 0 Å². The summed E-state index contributed by atoms with van der Waals surface area (Å²) in [6, 6.07) is 20.2. The minimum Gasteiger partial charge on any atom is -0.486 e. The lowest BCUT2D eigenvalue weighted by Gasteiger charge is -2.34. The maximum Gasteiger partial charge on any atom is 0.289 e. The Balaban J connectivity index is 1.26. The average molecular weight is 419 g/mol. The summed E-state index contributed by atoms with van der Waals surface area (Å²) in [5.74, 6) is 1.79. The van der Waals surface area contributed by atoms with Gasteiger partial charge >= 0.3 is 0 Å². The summed E-state index contributed by atoms with van der Waals surface area (Å²) in [4.78, 5) is 17.1. The van der Waals surface area contributed by atoms with Crippen LogP contribution in [0.1, 0.15) is 39.9 Å². The summed E-state index contributed by atoms with van der Waals surface area (Å²) in [6.07, 6.45) is 1.00. The van der Waals surface area contributed by atoms with Gasteiger partial charge in [0.25, 0.3) is 5.91 Å². The number of rotatable bonds is 7. The number of piperazine rings is 1. The Morgan fingerprint density at radius 2 is 1.74 bits per heavy atom. The third-order valence-electron chi connectivity index (χ3n) is 5.73. The van der Waals surface area contributed by atoms with Crippen LogP contribution in [0.25, 0.3) is 0 Å². The fourth-order valence-electron chi connectivity index (χ4n) is 3.88. The molecular formula is C26H30N2O3. The van der Waals surface area contributed by atoms with Crippen molar-refractivity contribution in [3.63, 3.8) is 0 Å². The van der Waals surface area contributed by atoms with Crippen molar-refractivity contribution in [1.82, 2.24) is 9.80 Å². The molecule has 162 valence electrons. The Morgan fingerprint density at radius 3 is 2.45 bits per heavy atom. The SMILES string of the molecule is CCc1ccc(OCc2ccc(C(=O)N3CCN(Cc4cccc(C)c4)CC3)o2)cc1. The topological polar surface area (TPSA) is 45.9 Å². The van der Waals surface area contributed by atoms with Crippen molar-refractivity contribution in [3.05, 3.63) is 88.9 Å². The zero-order valence-corrected chi connectivity index (χ0v) is 18.3. The van der Waals surface area contributed by atoms with E-state index in [2.05, 4.69) is 55.1 Å². The molecule has 31 heavy (non-hydrogen) atoms. The van der Waals surface area contributed by atoms with E-state index in [0.717, 1.165) is 31.8 Å². The fraction of sp³-hybridized carbons (Fsp3) is 0.346. The first-order valence-corrected chi connectivity index (χ1v) is 11.0. The molecule has 0 unspecified atom stereocenters. The van der Waals surface area contributed by atoms with Gasteiger partial charge in [-0.25, -0.2) is 0 Å². The van der Waals surface area contributed by atoms with Gasteiger partial charge in [0.2, 0.25) is 0 Å². The molecule has 5 heteroatoms. The van der Waals surface area contributed by atoms with Crippen molar-refractivity contribution in [2.24, 2.45) is 0 Å². The maximum absolute atomic E-state index is 12.8. The number of carbonyl (C=O) groups is 1. The van der Waals surface area contributed by atoms with Crippen LogP contribution in [0.3, 0.4) is 0 Å². The summed E-state index contributed by atoms with van der Waals surface area (Å²) in [5.41, 5.74) is 3.87. The Bertz CT molecular complexity index is 1000. The number of aryl methyl sites for hydroxylation is 2. The molecule has 0 spiro atoms. The minimum absolute atomic E-state index is 0.0474. The van der Waals surface area contributed by atoms with E-state index >= 15 is 0 Å². The van der Waals surface area contributed by atoms with Crippen LogP contribution < -0.4 is 4.74 Å². The number of carbonyl (C=O) groups excluding carboxylic acids is 1. The van der Waals surface area contributed by atoms with E-state index in [1.54, 1.807) is 6.07 Å². The average Bonchev–Trinajstić information content (AvgIpc) is 3.27. The quantitative estimate of drug-likeness (QED) is 0.559. The summed E-state index contributed by atoms with van der Waals surface area (Å²) in [7, 11) is 0. The Hall–Kier alpha value is -3.05. The summed E-state index contributed by atoms with van der Waals surface area (Å²) >= 11 is 0. The zero-order chi connectivity index (χ0) is 21.6. The minimum atomic E-state index is -0.0474. The predicted octanol–water partition coefficient (Wildman–Crippen LogP) is 4.69. The fourth-order valence-corrected chi connectivity index (χ4v) is 3.88. The van der Waals surface area contributed by atoms with Crippen LogP contribution >= 0.6 is 0 Å². The predicted molar refractivity (Wildman–Crippen MR) is 121 cm³/mol. The molecule has 0 radical (unpaired) electrons. The molecule has 1 fully saturated rings. The number of amides is 1. The van der Waals surface area contributed by atoms with Crippen LogP contribution in [0.2, 0.25) is 0 Å². The lowest BCUT2D eigenvalue weighted by Crippen LogP contribution is -2.48. The van der Waals surface area contributed by atoms with Crippen molar-refractivity contribution in [1.29, 1.82) is 0 Å². The van der Waals surface area contributed by atoms with E-state index in [-0.39, 0.29) is 5.91 Å². The van der Waals surface area contributed by atoms with Gasteiger partial charge in [-0.05, 0) is 48.7 Å². The highest BCUT2D eigenvalue weighted by molar-refractivity contribution is 5.91. The van der Waals surface area contributed by atoms with Gasteiger partial charge in [0.05, 0.1) is 0 Å². The number of nitrogens with zero attached hydrogens (tertiary/aromatic N) is 2. The van der Waals surface area contributed by atoms with Crippen molar-refractivity contribution in [2.45, 2.75) is 33.4 Å². The smallest absolute Gasteiger partial charge is 0.289 e.